The maximum absolute atomic E-state index is 12.8. The molecule has 158 valence electrons. The van der Waals surface area contributed by atoms with E-state index in [-0.39, 0.29) is 16.6 Å². The van der Waals surface area contributed by atoms with E-state index in [1.165, 1.54) is 11.8 Å². The number of benzene rings is 3. The van der Waals surface area contributed by atoms with E-state index < -0.39 is 0 Å². The molecule has 1 aromatic heterocycles. The normalized spacial score (nSPS) is 11.5. The summed E-state index contributed by atoms with van der Waals surface area (Å²) in [5, 5.41) is 0.450. The van der Waals surface area contributed by atoms with Crippen LogP contribution in [-0.2, 0) is 12.0 Å². The van der Waals surface area contributed by atoms with Gasteiger partial charge in [-0.05, 0) is 47.7 Å². The topological polar surface area (TPSA) is 48.7 Å². The van der Waals surface area contributed by atoms with Crippen molar-refractivity contribution in [1.29, 1.82) is 0 Å². The first-order chi connectivity index (χ1) is 14.8. The van der Waals surface area contributed by atoms with Crippen LogP contribution in [0.3, 0.4) is 0 Å². The molecule has 0 aliphatic carbocycles. The monoisotopic (exact) mass is 414 g/mol. The van der Waals surface area contributed by atoms with Gasteiger partial charge in [-0.25, -0.2) is 0 Å². The van der Waals surface area contributed by atoms with E-state index in [0.717, 1.165) is 11.1 Å². The van der Waals surface area contributed by atoms with Gasteiger partial charge in [0, 0.05) is 6.07 Å². The van der Waals surface area contributed by atoms with E-state index in [2.05, 4.69) is 45.0 Å². The summed E-state index contributed by atoms with van der Waals surface area (Å²) >= 11 is 0. The Morgan fingerprint density at radius 1 is 0.871 bits per heavy atom. The van der Waals surface area contributed by atoms with Crippen molar-refractivity contribution in [3.63, 3.8) is 0 Å². The van der Waals surface area contributed by atoms with Gasteiger partial charge in [0.25, 0.3) is 0 Å². The number of hydrogen-bond donors (Lipinski definition) is 0. The minimum Gasteiger partial charge on any atom is -0.489 e. The summed E-state index contributed by atoms with van der Waals surface area (Å²) in [5.41, 5.74) is 3.85. The lowest BCUT2D eigenvalue weighted by Gasteiger charge is -2.19. The highest BCUT2D eigenvalue weighted by atomic mass is 16.5. The van der Waals surface area contributed by atoms with Gasteiger partial charge in [-0.3, -0.25) is 4.79 Å². The van der Waals surface area contributed by atoms with Crippen LogP contribution >= 0.6 is 0 Å². The Kier molecular flexibility index (Phi) is 5.55. The third-order valence-electron chi connectivity index (χ3n) is 5.19. The number of aryl methyl sites for hydroxylation is 1. The maximum Gasteiger partial charge on any atom is 0.235 e. The van der Waals surface area contributed by atoms with Crippen LogP contribution in [0.5, 0.6) is 17.2 Å². The molecule has 0 aliphatic rings. The molecule has 4 nitrogen and oxygen atoms in total. The van der Waals surface area contributed by atoms with Crippen LogP contribution in [-0.4, -0.2) is 0 Å². The third-order valence-corrected chi connectivity index (χ3v) is 5.19. The molecule has 0 aliphatic heterocycles. The summed E-state index contributed by atoms with van der Waals surface area (Å²) < 4.78 is 17.3. The minimum atomic E-state index is -0.217. The molecule has 0 radical (unpaired) electrons. The predicted octanol–water partition coefficient (Wildman–Crippen LogP) is 6.77. The van der Waals surface area contributed by atoms with Gasteiger partial charge in [0.05, 0.1) is 5.39 Å². The molecule has 0 fully saturated rings. The molecule has 3 aromatic carbocycles. The van der Waals surface area contributed by atoms with Gasteiger partial charge in [0.1, 0.15) is 30.0 Å². The Morgan fingerprint density at radius 2 is 1.55 bits per heavy atom. The van der Waals surface area contributed by atoms with Crippen LogP contribution < -0.4 is 14.9 Å². The molecule has 0 atom stereocenters. The second-order valence-electron chi connectivity index (χ2n) is 8.74. The highest BCUT2D eigenvalue weighted by Gasteiger charge is 2.13. The largest absolute Gasteiger partial charge is 0.489 e. The molecular formula is C27H26O4. The Balaban J connectivity index is 1.49. The van der Waals surface area contributed by atoms with Gasteiger partial charge < -0.3 is 13.9 Å². The zero-order valence-electron chi connectivity index (χ0n) is 18.3. The molecule has 4 aromatic rings. The quantitative estimate of drug-likeness (QED) is 0.361. The van der Waals surface area contributed by atoms with Crippen molar-refractivity contribution in [2.24, 2.45) is 0 Å². The molecule has 0 bridgehead atoms. The standard InChI is InChI=1S/C27H26O4/c1-18-5-11-21(12-6-18)31-25-17-30-24-15-22(13-14-23(24)26(25)28)29-16-19-7-9-20(10-8-19)27(2,3)4/h5-15,17H,16H2,1-4H3. The second kappa shape index (κ2) is 8.31. The zero-order chi connectivity index (χ0) is 22.0. The number of ether oxygens (including phenoxy) is 2. The smallest absolute Gasteiger partial charge is 0.235 e. The van der Waals surface area contributed by atoms with Crippen LogP contribution in [0.1, 0.15) is 37.5 Å². The van der Waals surface area contributed by atoms with E-state index >= 15 is 0 Å². The van der Waals surface area contributed by atoms with Gasteiger partial charge in [-0.1, -0.05) is 62.7 Å². The molecule has 0 N–H and O–H groups in total. The number of rotatable bonds is 5. The van der Waals surface area contributed by atoms with Crippen molar-refractivity contribution < 1.29 is 13.9 Å². The Labute approximate surface area is 182 Å². The molecule has 0 amide bonds. The predicted molar refractivity (Wildman–Crippen MR) is 123 cm³/mol. The first-order valence-corrected chi connectivity index (χ1v) is 10.3. The lowest BCUT2D eigenvalue weighted by Crippen LogP contribution is -2.10. The lowest BCUT2D eigenvalue weighted by atomic mass is 9.87. The molecule has 4 rings (SSSR count). The summed E-state index contributed by atoms with van der Waals surface area (Å²) in [6, 6.07) is 21.1. The highest BCUT2D eigenvalue weighted by Crippen LogP contribution is 2.26. The average Bonchev–Trinajstić information content (AvgIpc) is 2.75. The summed E-state index contributed by atoms with van der Waals surface area (Å²) in [7, 11) is 0. The first-order valence-electron chi connectivity index (χ1n) is 10.3. The summed E-state index contributed by atoms with van der Waals surface area (Å²) in [4.78, 5) is 12.8. The van der Waals surface area contributed by atoms with Gasteiger partial charge in [0.2, 0.25) is 11.2 Å². The highest BCUT2D eigenvalue weighted by molar-refractivity contribution is 5.79. The van der Waals surface area contributed by atoms with Crippen LogP contribution in [0.2, 0.25) is 0 Å². The fraction of sp³-hybridized carbons (Fsp3) is 0.222. The van der Waals surface area contributed by atoms with Crippen molar-refractivity contribution in [2.45, 2.75) is 39.7 Å². The fourth-order valence-corrected chi connectivity index (χ4v) is 3.25. The molecule has 31 heavy (non-hydrogen) atoms. The molecule has 0 saturated carbocycles. The molecule has 0 saturated heterocycles. The van der Waals surface area contributed by atoms with Crippen molar-refractivity contribution in [1.82, 2.24) is 0 Å². The maximum atomic E-state index is 12.8. The van der Waals surface area contributed by atoms with Crippen LogP contribution in [0.15, 0.2) is 82.2 Å². The van der Waals surface area contributed by atoms with Crippen LogP contribution in [0, 0.1) is 6.92 Å². The van der Waals surface area contributed by atoms with E-state index in [4.69, 9.17) is 13.9 Å². The second-order valence-corrected chi connectivity index (χ2v) is 8.74. The molecule has 0 spiro atoms. The molecule has 1 heterocycles. The first kappa shape index (κ1) is 20.7. The molecular weight excluding hydrogens is 388 g/mol. The van der Waals surface area contributed by atoms with Crippen molar-refractivity contribution in [3.8, 4) is 17.2 Å². The minimum absolute atomic E-state index is 0.122. The van der Waals surface area contributed by atoms with Gasteiger partial charge in [-0.2, -0.15) is 0 Å². The van der Waals surface area contributed by atoms with Crippen LogP contribution in [0.4, 0.5) is 0 Å². The van der Waals surface area contributed by atoms with E-state index in [0.29, 0.717) is 29.1 Å². The third kappa shape index (κ3) is 4.80. The average molecular weight is 415 g/mol. The van der Waals surface area contributed by atoms with E-state index in [9.17, 15) is 4.79 Å². The van der Waals surface area contributed by atoms with Crippen LogP contribution in [0.25, 0.3) is 11.0 Å². The summed E-state index contributed by atoms with van der Waals surface area (Å²) in [6.07, 6.45) is 1.35. The zero-order valence-corrected chi connectivity index (χ0v) is 18.3. The number of hydrogen-bond acceptors (Lipinski definition) is 4. The SMILES string of the molecule is Cc1ccc(Oc2coc3cc(OCc4ccc(C(C)(C)C)cc4)ccc3c2=O)cc1. The fourth-order valence-electron chi connectivity index (χ4n) is 3.25. The van der Waals surface area contributed by atoms with Gasteiger partial charge >= 0.3 is 0 Å². The molecule has 4 heteroatoms. The van der Waals surface area contributed by atoms with E-state index in [1.54, 1.807) is 18.2 Å². The van der Waals surface area contributed by atoms with Crippen molar-refractivity contribution in [3.05, 3.63) is 99.9 Å². The summed E-state index contributed by atoms with van der Waals surface area (Å²) in [6.45, 7) is 9.01. The van der Waals surface area contributed by atoms with Gasteiger partial charge in [0.15, 0.2) is 0 Å². The number of fused-ring (bicyclic) bond motifs is 1. The van der Waals surface area contributed by atoms with E-state index in [1.807, 2.05) is 31.2 Å². The van der Waals surface area contributed by atoms with Crippen molar-refractivity contribution in [2.75, 3.05) is 0 Å². The Hall–Kier alpha value is -3.53. The Bertz CT molecular complexity index is 1240. The molecule has 0 unspecified atom stereocenters. The summed E-state index contributed by atoms with van der Waals surface area (Å²) in [5.74, 6) is 1.39. The van der Waals surface area contributed by atoms with Crippen molar-refractivity contribution >= 4 is 11.0 Å². The Morgan fingerprint density at radius 3 is 2.23 bits per heavy atom. The van der Waals surface area contributed by atoms with Gasteiger partial charge in [-0.15, -0.1) is 0 Å². The lowest BCUT2D eigenvalue weighted by molar-refractivity contribution is 0.306.